The van der Waals surface area contributed by atoms with Crippen LogP contribution in [0.25, 0.3) is 0 Å². The molecule has 0 radical (unpaired) electrons. The topological polar surface area (TPSA) is 55.1 Å². The van der Waals surface area contributed by atoms with Crippen LogP contribution >= 0.6 is 0 Å². The van der Waals surface area contributed by atoms with E-state index in [1.807, 2.05) is 6.92 Å². The number of nitrogens with two attached hydrogens (primary N) is 1. The van der Waals surface area contributed by atoms with Crippen LogP contribution in [0.5, 0.6) is 0 Å². The van der Waals surface area contributed by atoms with Gasteiger partial charge in [0.1, 0.15) is 0 Å². The minimum Gasteiger partial charge on any atom is -0.356 e. The normalized spacial score (nSPS) is 12.4. The van der Waals surface area contributed by atoms with Crippen LogP contribution in [0.1, 0.15) is 84.5 Å². The molecule has 0 heterocycles. The maximum Gasteiger partial charge on any atom is 0.219 e. The number of unbranched alkanes of at least 4 members (excludes halogenated alkanes) is 7. The van der Waals surface area contributed by atoms with Gasteiger partial charge in [-0.15, -0.1) is 0 Å². The van der Waals surface area contributed by atoms with Crippen LogP contribution in [-0.4, -0.2) is 18.5 Å². The summed E-state index contributed by atoms with van der Waals surface area (Å²) in [4.78, 5) is 11.5. The summed E-state index contributed by atoms with van der Waals surface area (Å²) in [6.45, 7) is 5.07. The van der Waals surface area contributed by atoms with Gasteiger partial charge in [0.25, 0.3) is 0 Å². The molecule has 0 aromatic rings. The molecule has 19 heavy (non-hydrogen) atoms. The summed E-state index contributed by atoms with van der Waals surface area (Å²) in [5.41, 5.74) is 5.65. The van der Waals surface area contributed by atoms with E-state index in [-0.39, 0.29) is 11.9 Å². The van der Waals surface area contributed by atoms with Gasteiger partial charge >= 0.3 is 0 Å². The summed E-state index contributed by atoms with van der Waals surface area (Å²) in [5, 5.41) is 2.99. The second-order valence-corrected chi connectivity index (χ2v) is 5.69. The predicted molar refractivity (Wildman–Crippen MR) is 83.1 cm³/mol. The van der Waals surface area contributed by atoms with Crippen LogP contribution < -0.4 is 11.1 Å². The van der Waals surface area contributed by atoms with Crippen molar-refractivity contribution in [3.05, 3.63) is 0 Å². The Hall–Kier alpha value is -0.570. The highest BCUT2D eigenvalue weighted by Gasteiger charge is 2.01. The lowest BCUT2D eigenvalue weighted by atomic mass is 10.1. The van der Waals surface area contributed by atoms with Gasteiger partial charge in [0.05, 0.1) is 0 Å². The molecule has 0 aromatic carbocycles. The van der Waals surface area contributed by atoms with E-state index >= 15 is 0 Å². The molecular formula is C16H34N2O. The Labute approximate surface area is 119 Å². The van der Waals surface area contributed by atoms with Gasteiger partial charge in [-0.25, -0.2) is 0 Å². The van der Waals surface area contributed by atoms with Crippen molar-refractivity contribution in [1.29, 1.82) is 0 Å². The SMILES string of the molecule is CCCCCCCCCCNC(=O)CCCC(C)N. The molecule has 0 aliphatic heterocycles. The molecule has 3 heteroatoms. The zero-order valence-electron chi connectivity index (χ0n) is 13.0. The Morgan fingerprint density at radius 2 is 1.58 bits per heavy atom. The minimum absolute atomic E-state index is 0.184. The first-order valence-corrected chi connectivity index (χ1v) is 8.19. The molecule has 3 N–H and O–H groups in total. The third-order valence-electron chi connectivity index (χ3n) is 3.42. The average molecular weight is 270 g/mol. The van der Waals surface area contributed by atoms with E-state index in [1.54, 1.807) is 0 Å². The highest BCUT2D eigenvalue weighted by Crippen LogP contribution is 2.07. The first-order valence-electron chi connectivity index (χ1n) is 8.19. The summed E-state index contributed by atoms with van der Waals surface area (Å²) >= 11 is 0. The van der Waals surface area contributed by atoms with Gasteiger partial charge in [-0.1, -0.05) is 51.9 Å². The molecule has 0 aromatic heterocycles. The molecule has 0 fully saturated rings. The van der Waals surface area contributed by atoms with Gasteiger partial charge in [0.2, 0.25) is 5.91 Å². The van der Waals surface area contributed by atoms with Crippen molar-refractivity contribution in [3.8, 4) is 0 Å². The highest BCUT2D eigenvalue weighted by molar-refractivity contribution is 5.75. The lowest BCUT2D eigenvalue weighted by molar-refractivity contribution is -0.121. The quantitative estimate of drug-likeness (QED) is 0.501. The van der Waals surface area contributed by atoms with Crippen LogP contribution in [0.3, 0.4) is 0 Å². The molecule has 0 saturated heterocycles. The molecule has 114 valence electrons. The number of hydrogen-bond acceptors (Lipinski definition) is 2. The van der Waals surface area contributed by atoms with Crippen molar-refractivity contribution in [2.45, 2.75) is 90.5 Å². The molecule has 0 aliphatic rings. The fourth-order valence-electron chi connectivity index (χ4n) is 2.16. The van der Waals surface area contributed by atoms with Gasteiger partial charge < -0.3 is 11.1 Å². The number of hydrogen-bond donors (Lipinski definition) is 2. The number of nitrogens with one attached hydrogen (secondary N) is 1. The minimum atomic E-state index is 0.184. The average Bonchev–Trinajstić information content (AvgIpc) is 2.36. The number of amides is 1. The largest absolute Gasteiger partial charge is 0.356 e. The summed E-state index contributed by atoms with van der Waals surface area (Å²) in [7, 11) is 0. The van der Waals surface area contributed by atoms with Gasteiger partial charge in [0, 0.05) is 19.0 Å². The summed E-state index contributed by atoms with van der Waals surface area (Å²) in [6.07, 6.45) is 12.9. The highest BCUT2D eigenvalue weighted by atomic mass is 16.1. The molecule has 1 unspecified atom stereocenters. The summed E-state index contributed by atoms with van der Waals surface area (Å²) < 4.78 is 0. The summed E-state index contributed by atoms with van der Waals surface area (Å²) in [6, 6.07) is 0.209. The van der Waals surface area contributed by atoms with Crippen molar-refractivity contribution in [2.24, 2.45) is 5.73 Å². The molecule has 0 aliphatic carbocycles. The Morgan fingerprint density at radius 1 is 1.00 bits per heavy atom. The second kappa shape index (κ2) is 13.9. The lowest BCUT2D eigenvalue weighted by Crippen LogP contribution is -2.24. The van der Waals surface area contributed by atoms with Crippen molar-refractivity contribution < 1.29 is 4.79 Å². The number of rotatable bonds is 13. The van der Waals surface area contributed by atoms with Crippen LogP contribution in [0.15, 0.2) is 0 Å². The van der Waals surface area contributed by atoms with Crippen molar-refractivity contribution in [3.63, 3.8) is 0 Å². The van der Waals surface area contributed by atoms with Crippen LogP contribution in [0.4, 0.5) is 0 Å². The van der Waals surface area contributed by atoms with Crippen LogP contribution in [0, 0.1) is 0 Å². The fraction of sp³-hybridized carbons (Fsp3) is 0.938. The zero-order valence-corrected chi connectivity index (χ0v) is 13.0. The van der Waals surface area contributed by atoms with Gasteiger partial charge in [0.15, 0.2) is 0 Å². The number of carbonyl (C=O) groups is 1. The Balaban J connectivity index is 3.14. The first kappa shape index (κ1) is 18.4. The van der Waals surface area contributed by atoms with Gasteiger partial charge in [-0.05, 0) is 26.2 Å². The van der Waals surface area contributed by atoms with E-state index in [4.69, 9.17) is 5.73 Å². The van der Waals surface area contributed by atoms with E-state index in [0.29, 0.717) is 6.42 Å². The van der Waals surface area contributed by atoms with E-state index in [1.165, 1.54) is 44.9 Å². The molecule has 0 saturated carbocycles. The second-order valence-electron chi connectivity index (χ2n) is 5.69. The van der Waals surface area contributed by atoms with E-state index in [0.717, 1.165) is 25.8 Å². The van der Waals surface area contributed by atoms with Crippen LogP contribution in [-0.2, 0) is 4.79 Å². The Kier molecular flexibility index (Phi) is 13.4. The van der Waals surface area contributed by atoms with Crippen molar-refractivity contribution in [1.82, 2.24) is 5.32 Å². The van der Waals surface area contributed by atoms with Gasteiger partial charge in [-0.2, -0.15) is 0 Å². The zero-order chi connectivity index (χ0) is 14.3. The molecular weight excluding hydrogens is 236 g/mol. The third-order valence-corrected chi connectivity index (χ3v) is 3.42. The smallest absolute Gasteiger partial charge is 0.219 e. The van der Waals surface area contributed by atoms with E-state index in [2.05, 4.69) is 12.2 Å². The standard InChI is InChI=1S/C16H34N2O/c1-3-4-5-6-7-8-9-10-14-18-16(19)13-11-12-15(2)17/h15H,3-14,17H2,1-2H3,(H,18,19). The van der Waals surface area contributed by atoms with Gasteiger partial charge in [-0.3, -0.25) is 4.79 Å². The molecule has 0 bridgehead atoms. The summed E-state index contributed by atoms with van der Waals surface area (Å²) in [5.74, 6) is 0.184. The maximum absolute atomic E-state index is 11.5. The molecule has 3 nitrogen and oxygen atoms in total. The maximum atomic E-state index is 11.5. The molecule has 1 atom stereocenters. The van der Waals surface area contributed by atoms with Crippen LogP contribution in [0.2, 0.25) is 0 Å². The molecule has 0 rings (SSSR count). The molecule has 0 spiro atoms. The lowest BCUT2D eigenvalue weighted by Gasteiger charge is -2.06. The Bertz CT molecular complexity index is 205. The van der Waals surface area contributed by atoms with E-state index in [9.17, 15) is 4.79 Å². The van der Waals surface area contributed by atoms with Crippen molar-refractivity contribution >= 4 is 5.91 Å². The third kappa shape index (κ3) is 15.4. The van der Waals surface area contributed by atoms with Crippen molar-refractivity contribution in [2.75, 3.05) is 6.54 Å². The van der Waals surface area contributed by atoms with E-state index < -0.39 is 0 Å². The fourth-order valence-corrected chi connectivity index (χ4v) is 2.16. The predicted octanol–water partition coefficient (Wildman–Crippen LogP) is 3.76. The first-order chi connectivity index (χ1) is 9.16. The monoisotopic (exact) mass is 270 g/mol. The molecule has 1 amide bonds. The Morgan fingerprint density at radius 3 is 2.16 bits per heavy atom. The number of carbonyl (C=O) groups excluding carboxylic acids is 1.